The summed E-state index contributed by atoms with van der Waals surface area (Å²) in [4.78, 5) is 23.9. The molecule has 0 bridgehead atoms. The van der Waals surface area contributed by atoms with Crippen molar-refractivity contribution in [2.45, 2.75) is 20.4 Å². The number of anilines is 2. The van der Waals surface area contributed by atoms with E-state index in [1.807, 2.05) is 31.2 Å². The van der Waals surface area contributed by atoms with Gasteiger partial charge >= 0.3 is 5.97 Å². The molecule has 3 aromatic rings. The van der Waals surface area contributed by atoms with Crippen LogP contribution in [0.5, 0.6) is 0 Å². The topological polar surface area (TPSA) is 93.2 Å². The van der Waals surface area contributed by atoms with Gasteiger partial charge in [-0.2, -0.15) is 0 Å². The van der Waals surface area contributed by atoms with Crippen LogP contribution in [0.1, 0.15) is 38.9 Å². The summed E-state index contributed by atoms with van der Waals surface area (Å²) in [5, 5.41) is 13.9. The Morgan fingerprint density at radius 1 is 0.931 bits per heavy atom. The maximum atomic E-state index is 12.2. The van der Waals surface area contributed by atoms with Crippen molar-refractivity contribution < 1.29 is 14.3 Å². The molecule has 0 unspecified atom stereocenters. The zero-order valence-corrected chi connectivity index (χ0v) is 16.3. The molecule has 1 aromatic heterocycles. The van der Waals surface area contributed by atoms with Gasteiger partial charge in [0.25, 0.3) is 5.91 Å². The Bertz CT molecular complexity index is 968. The lowest BCUT2D eigenvalue weighted by molar-refractivity contribution is 0.0526. The first-order chi connectivity index (χ1) is 14.0. The second-order valence-electron chi connectivity index (χ2n) is 6.39. The molecule has 7 nitrogen and oxygen atoms in total. The molecule has 2 N–H and O–H groups in total. The summed E-state index contributed by atoms with van der Waals surface area (Å²) in [5.74, 6) is -0.160. The monoisotopic (exact) mass is 390 g/mol. The van der Waals surface area contributed by atoms with Gasteiger partial charge < -0.3 is 15.4 Å². The van der Waals surface area contributed by atoms with E-state index in [4.69, 9.17) is 4.74 Å². The van der Waals surface area contributed by atoms with E-state index in [9.17, 15) is 9.59 Å². The summed E-state index contributed by atoms with van der Waals surface area (Å²) in [5.41, 5.74) is 3.64. The number of aryl methyl sites for hydroxylation is 1. The molecule has 7 heteroatoms. The van der Waals surface area contributed by atoms with E-state index < -0.39 is 0 Å². The van der Waals surface area contributed by atoms with Crippen molar-refractivity contribution in [1.82, 2.24) is 15.5 Å². The number of carbonyl (C=O) groups is 2. The smallest absolute Gasteiger partial charge is 0.338 e. The number of nitrogens with zero attached hydrogens (tertiary/aromatic N) is 2. The molecule has 0 aliphatic rings. The summed E-state index contributed by atoms with van der Waals surface area (Å²) >= 11 is 0. The number of carbonyl (C=O) groups excluding carboxylic acids is 2. The zero-order valence-electron chi connectivity index (χ0n) is 16.3. The van der Waals surface area contributed by atoms with Crippen molar-refractivity contribution in [3.8, 4) is 0 Å². The number of benzene rings is 2. The summed E-state index contributed by atoms with van der Waals surface area (Å²) in [7, 11) is 0. The molecule has 0 saturated carbocycles. The Kier molecular flexibility index (Phi) is 6.52. The van der Waals surface area contributed by atoms with Crippen molar-refractivity contribution in [2.75, 3.05) is 11.9 Å². The number of aromatic nitrogens is 2. The molecular formula is C22H22N4O3. The second-order valence-corrected chi connectivity index (χ2v) is 6.39. The standard InChI is InChI=1S/C22H22N4O3/c1-3-29-22(28)17-8-10-18(11-9-17)24-20-13-12-19(25-26-20)21(27)23-14-16-6-4-15(2)5-7-16/h4-13H,3,14H2,1-2H3,(H,23,27)(H,24,26). The average molecular weight is 390 g/mol. The third kappa shape index (κ3) is 5.62. The molecule has 29 heavy (non-hydrogen) atoms. The fourth-order valence-corrected chi connectivity index (χ4v) is 2.55. The summed E-state index contributed by atoms with van der Waals surface area (Å²) in [6, 6.07) is 18.1. The van der Waals surface area contributed by atoms with Crippen LogP contribution in [0, 0.1) is 6.92 Å². The van der Waals surface area contributed by atoms with Crippen molar-refractivity contribution in [1.29, 1.82) is 0 Å². The summed E-state index contributed by atoms with van der Waals surface area (Å²) < 4.78 is 4.96. The predicted molar refractivity (Wildman–Crippen MR) is 110 cm³/mol. The number of esters is 1. The minimum Gasteiger partial charge on any atom is -0.462 e. The molecular weight excluding hydrogens is 368 g/mol. The summed E-state index contributed by atoms with van der Waals surface area (Å²) in [6.07, 6.45) is 0. The van der Waals surface area contributed by atoms with Gasteiger partial charge in [0.05, 0.1) is 12.2 Å². The molecule has 1 amide bonds. The van der Waals surface area contributed by atoms with Crippen molar-refractivity contribution in [2.24, 2.45) is 0 Å². The Labute approximate surface area is 169 Å². The highest BCUT2D eigenvalue weighted by atomic mass is 16.5. The van der Waals surface area contributed by atoms with Crippen LogP contribution in [0.25, 0.3) is 0 Å². The molecule has 2 aromatic carbocycles. The lowest BCUT2D eigenvalue weighted by Crippen LogP contribution is -2.24. The third-order valence-corrected chi connectivity index (χ3v) is 4.14. The summed E-state index contributed by atoms with van der Waals surface area (Å²) in [6.45, 7) is 4.54. The average Bonchev–Trinajstić information content (AvgIpc) is 2.74. The highest BCUT2D eigenvalue weighted by Crippen LogP contribution is 2.15. The number of ether oxygens (including phenoxy) is 1. The van der Waals surface area contributed by atoms with Crippen LogP contribution in [0.4, 0.5) is 11.5 Å². The normalized spacial score (nSPS) is 10.3. The Balaban J connectivity index is 1.56. The molecule has 0 radical (unpaired) electrons. The van der Waals surface area contributed by atoms with Crippen LogP contribution < -0.4 is 10.6 Å². The SMILES string of the molecule is CCOC(=O)c1ccc(Nc2ccc(C(=O)NCc3ccc(C)cc3)nn2)cc1. The molecule has 0 aliphatic heterocycles. The van der Waals surface area contributed by atoms with Crippen LogP contribution in [0.2, 0.25) is 0 Å². The van der Waals surface area contributed by atoms with Crippen LogP contribution >= 0.6 is 0 Å². The van der Waals surface area contributed by atoms with E-state index in [0.29, 0.717) is 24.5 Å². The van der Waals surface area contributed by atoms with Gasteiger partial charge in [-0.3, -0.25) is 4.79 Å². The van der Waals surface area contributed by atoms with E-state index in [0.717, 1.165) is 11.3 Å². The number of hydrogen-bond donors (Lipinski definition) is 2. The van der Waals surface area contributed by atoms with Gasteiger partial charge in [0.1, 0.15) is 0 Å². The quantitative estimate of drug-likeness (QED) is 0.599. The minimum atomic E-state index is -0.361. The van der Waals surface area contributed by atoms with E-state index in [1.54, 1.807) is 43.3 Å². The largest absolute Gasteiger partial charge is 0.462 e. The van der Waals surface area contributed by atoms with Crippen LogP contribution in [-0.2, 0) is 11.3 Å². The van der Waals surface area contributed by atoms with Crippen molar-refractivity contribution in [3.05, 3.63) is 83.0 Å². The first-order valence-electron chi connectivity index (χ1n) is 9.27. The molecule has 3 rings (SSSR count). The van der Waals surface area contributed by atoms with E-state index in [2.05, 4.69) is 20.8 Å². The molecule has 148 valence electrons. The Hall–Kier alpha value is -3.74. The molecule has 0 atom stereocenters. The van der Waals surface area contributed by atoms with Crippen molar-refractivity contribution >= 4 is 23.4 Å². The van der Waals surface area contributed by atoms with Gasteiger partial charge in [-0.05, 0) is 55.8 Å². The van der Waals surface area contributed by atoms with Gasteiger partial charge in [0.15, 0.2) is 11.5 Å². The van der Waals surface area contributed by atoms with E-state index >= 15 is 0 Å². The maximum Gasteiger partial charge on any atom is 0.338 e. The molecule has 0 fully saturated rings. The minimum absolute atomic E-state index is 0.236. The van der Waals surface area contributed by atoms with Crippen LogP contribution in [0.3, 0.4) is 0 Å². The van der Waals surface area contributed by atoms with Gasteiger partial charge in [-0.25, -0.2) is 4.79 Å². The lowest BCUT2D eigenvalue weighted by atomic mass is 10.1. The zero-order chi connectivity index (χ0) is 20.6. The second kappa shape index (κ2) is 9.45. The molecule has 0 spiro atoms. The number of rotatable bonds is 7. The van der Waals surface area contributed by atoms with Crippen molar-refractivity contribution in [3.63, 3.8) is 0 Å². The Morgan fingerprint density at radius 3 is 2.28 bits per heavy atom. The first kappa shape index (κ1) is 20.0. The number of amides is 1. The van der Waals surface area contributed by atoms with Crippen LogP contribution in [-0.4, -0.2) is 28.7 Å². The maximum absolute atomic E-state index is 12.2. The Morgan fingerprint density at radius 2 is 1.66 bits per heavy atom. The fourth-order valence-electron chi connectivity index (χ4n) is 2.55. The van der Waals surface area contributed by atoms with Gasteiger partial charge in [-0.1, -0.05) is 29.8 Å². The lowest BCUT2D eigenvalue weighted by Gasteiger charge is -2.08. The van der Waals surface area contributed by atoms with Crippen LogP contribution in [0.15, 0.2) is 60.7 Å². The van der Waals surface area contributed by atoms with E-state index in [-0.39, 0.29) is 17.6 Å². The van der Waals surface area contributed by atoms with Gasteiger partial charge in [-0.15, -0.1) is 10.2 Å². The highest BCUT2D eigenvalue weighted by Gasteiger charge is 2.09. The molecule has 1 heterocycles. The highest BCUT2D eigenvalue weighted by molar-refractivity contribution is 5.92. The number of hydrogen-bond acceptors (Lipinski definition) is 6. The number of nitrogens with one attached hydrogen (secondary N) is 2. The third-order valence-electron chi connectivity index (χ3n) is 4.14. The first-order valence-corrected chi connectivity index (χ1v) is 9.27. The van der Waals surface area contributed by atoms with Gasteiger partial charge in [0.2, 0.25) is 0 Å². The molecule has 0 saturated heterocycles. The molecule has 0 aliphatic carbocycles. The predicted octanol–water partition coefficient (Wildman–Crippen LogP) is 3.64. The van der Waals surface area contributed by atoms with E-state index in [1.165, 1.54) is 5.56 Å². The fraction of sp³-hybridized carbons (Fsp3) is 0.182. The van der Waals surface area contributed by atoms with Gasteiger partial charge in [0, 0.05) is 12.2 Å².